The molecule has 0 aliphatic rings. The van der Waals surface area contributed by atoms with E-state index in [2.05, 4.69) is 31.9 Å². The van der Waals surface area contributed by atoms with Gasteiger partial charge in [-0.15, -0.1) is 0 Å². The maximum Gasteiger partial charge on any atom is 0.321 e. The van der Waals surface area contributed by atoms with Crippen molar-refractivity contribution in [3.8, 4) is 0 Å². The average Bonchev–Trinajstić information content (AvgIpc) is 2.39. The lowest BCUT2D eigenvalue weighted by atomic mass is 10.3. The van der Waals surface area contributed by atoms with Gasteiger partial charge in [-0.2, -0.15) is 0 Å². The number of benzene rings is 1. The highest BCUT2D eigenvalue weighted by molar-refractivity contribution is 9.10. The Kier molecular flexibility index (Phi) is 7.70. The quantitative estimate of drug-likeness (QED) is 0.561. The molecule has 0 heterocycles. The first-order valence-corrected chi connectivity index (χ1v) is 8.03. The second-order valence-corrected chi connectivity index (χ2v) is 6.37. The molecule has 0 saturated heterocycles. The van der Waals surface area contributed by atoms with Gasteiger partial charge in [0, 0.05) is 10.5 Å². The number of nitrogens with one attached hydrogen (secondary N) is 4. The fraction of sp³-hybridized carbons (Fsp3) is 0.400. The third kappa shape index (κ3) is 7.75. The van der Waals surface area contributed by atoms with E-state index in [1.807, 2.05) is 18.2 Å². The van der Waals surface area contributed by atoms with Gasteiger partial charge >= 0.3 is 6.03 Å². The SMILES string of the molecule is CC(C)NC(=O)NC(=O)C[NH+](C)CC(=O)Nc1ccccc1Br. The molecule has 1 aromatic carbocycles. The van der Waals surface area contributed by atoms with Crippen molar-refractivity contribution in [1.29, 1.82) is 0 Å². The van der Waals surface area contributed by atoms with E-state index in [-0.39, 0.29) is 25.0 Å². The van der Waals surface area contributed by atoms with E-state index in [1.54, 1.807) is 27.0 Å². The summed E-state index contributed by atoms with van der Waals surface area (Å²) in [6, 6.07) is 6.69. The highest BCUT2D eigenvalue weighted by atomic mass is 79.9. The van der Waals surface area contributed by atoms with Crippen LogP contribution in [-0.4, -0.2) is 44.0 Å². The molecule has 4 amide bonds. The summed E-state index contributed by atoms with van der Waals surface area (Å²) < 4.78 is 0.786. The molecular formula is C15H22BrN4O3+. The highest BCUT2D eigenvalue weighted by Gasteiger charge is 2.16. The van der Waals surface area contributed by atoms with E-state index < -0.39 is 11.9 Å². The van der Waals surface area contributed by atoms with Crippen molar-refractivity contribution in [2.24, 2.45) is 0 Å². The van der Waals surface area contributed by atoms with Crippen molar-refractivity contribution < 1.29 is 19.3 Å². The van der Waals surface area contributed by atoms with Gasteiger partial charge in [0.2, 0.25) is 0 Å². The van der Waals surface area contributed by atoms with Gasteiger partial charge in [0.25, 0.3) is 11.8 Å². The summed E-state index contributed by atoms with van der Waals surface area (Å²) in [6.07, 6.45) is 0. The largest absolute Gasteiger partial charge is 0.336 e. The normalized spacial score (nSPS) is 11.7. The number of para-hydroxylation sites is 1. The molecule has 1 rings (SSSR count). The van der Waals surface area contributed by atoms with Gasteiger partial charge in [0.15, 0.2) is 13.1 Å². The van der Waals surface area contributed by atoms with E-state index in [4.69, 9.17) is 0 Å². The topological polar surface area (TPSA) is 91.7 Å². The maximum absolute atomic E-state index is 12.0. The molecule has 4 N–H and O–H groups in total. The van der Waals surface area contributed by atoms with Crippen LogP contribution in [0, 0.1) is 0 Å². The molecule has 0 saturated carbocycles. The number of urea groups is 1. The monoisotopic (exact) mass is 385 g/mol. The van der Waals surface area contributed by atoms with Crippen LogP contribution < -0.4 is 20.9 Å². The van der Waals surface area contributed by atoms with Gasteiger partial charge in [-0.25, -0.2) is 4.79 Å². The highest BCUT2D eigenvalue weighted by Crippen LogP contribution is 2.20. The van der Waals surface area contributed by atoms with E-state index in [0.717, 1.165) is 4.47 Å². The summed E-state index contributed by atoms with van der Waals surface area (Å²) in [5.41, 5.74) is 0.672. The standard InChI is InChI=1S/C15H21BrN4O3/c1-10(2)17-15(23)19-14(22)9-20(3)8-13(21)18-12-7-5-4-6-11(12)16/h4-7,10H,8-9H2,1-3H3,(H,18,21)(H2,17,19,22,23)/p+1. The first kappa shape index (κ1) is 19.1. The first-order chi connectivity index (χ1) is 10.8. The molecule has 0 fully saturated rings. The Hall–Kier alpha value is -1.93. The van der Waals surface area contributed by atoms with Crippen LogP contribution in [0.4, 0.5) is 10.5 Å². The number of rotatable bonds is 6. The molecular weight excluding hydrogens is 364 g/mol. The number of halogens is 1. The number of hydrogen-bond donors (Lipinski definition) is 4. The van der Waals surface area contributed by atoms with Crippen molar-refractivity contribution in [1.82, 2.24) is 10.6 Å². The number of carbonyl (C=O) groups is 3. The molecule has 0 aliphatic heterocycles. The van der Waals surface area contributed by atoms with Crippen molar-refractivity contribution in [2.45, 2.75) is 19.9 Å². The Balaban J connectivity index is 2.39. The molecule has 1 aromatic rings. The molecule has 0 aromatic heterocycles. The van der Waals surface area contributed by atoms with Crippen LogP contribution in [0.1, 0.15) is 13.8 Å². The Morgan fingerprint density at radius 1 is 1.13 bits per heavy atom. The summed E-state index contributed by atoms with van der Waals surface area (Å²) in [6.45, 7) is 3.73. The van der Waals surface area contributed by atoms with Crippen LogP contribution >= 0.6 is 15.9 Å². The van der Waals surface area contributed by atoms with Crippen molar-refractivity contribution in [3.63, 3.8) is 0 Å². The van der Waals surface area contributed by atoms with Gasteiger partial charge in [0.1, 0.15) is 0 Å². The molecule has 8 heteroatoms. The Morgan fingerprint density at radius 2 is 1.74 bits per heavy atom. The van der Waals surface area contributed by atoms with Crippen LogP contribution in [0.5, 0.6) is 0 Å². The minimum atomic E-state index is -0.532. The number of carbonyl (C=O) groups excluding carboxylic acids is 3. The fourth-order valence-corrected chi connectivity index (χ4v) is 2.22. The van der Waals surface area contributed by atoms with Crippen molar-refractivity contribution >= 4 is 39.5 Å². The number of likely N-dealkylation sites (N-methyl/N-ethyl adjacent to an activating group) is 1. The van der Waals surface area contributed by atoms with Gasteiger partial charge in [0.05, 0.1) is 12.7 Å². The molecule has 0 spiro atoms. The van der Waals surface area contributed by atoms with E-state index >= 15 is 0 Å². The maximum atomic E-state index is 12.0. The van der Waals surface area contributed by atoms with E-state index in [9.17, 15) is 14.4 Å². The molecule has 0 aliphatic carbocycles. The third-order valence-corrected chi connectivity index (χ3v) is 3.44. The number of imide groups is 1. The fourth-order valence-electron chi connectivity index (χ4n) is 1.84. The van der Waals surface area contributed by atoms with Crippen LogP contribution in [0.2, 0.25) is 0 Å². The number of hydrogen-bond acceptors (Lipinski definition) is 3. The summed E-state index contributed by atoms with van der Waals surface area (Å²) >= 11 is 3.35. The summed E-state index contributed by atoms with van der Waals surface area (Å²) in [5.74, 6) is -0.650. The second kappa shape index (κ2) is 9.26. The number of quaternary nitrogens is 1. The van der Waals surface area contributed by atoms with E-state index in [0.29, 0.717) is 10.6 Å². The lowest BCUT2D eigenvalue weighted by molar-refractivity contribution is -0.862. The molecule has 126 valence electrons. The predicted molar refractivity (Wildman–Crippen MR) is 91.2 cm³/mol. The van der Waals surface area contributed by atoms with Gasteiger partial charge in [-0.1, -0.05) is 12.1 Å². The predicted octanol–water partition coefficient (Wildman–Crippen LogP) is 0.137. The van der Waals surface area contributed by atoms with Crippen molar-refractivity contribution in [2.75, 3.05) is 25.5 Å². The lowest BCUT2D eigenvalue weighted by Crippen LogP contribution is -3.11. The number of anilines is 1. The van der Waals surface area contributed by atoms with E-state index in [1.165, 1.54) is 0 Å². The van der Waals surface area contributed by atoms with Crippen LogP contribution in [-0.2, 0) is 9.59 Å². The second-order valence-electron chi connectivity index (χ2n) is 5.52. The summed E-state index contributed by atoms with van der Waals surface area (Å²) in [5, 5.41) is 7.55. The summed E-state index contributed by atoms with van der Waals surface area (Å²) in [7, 11) is 1.71. The van der Waals surface area contributed by atoms with Gasteiger partial charge in [-0.05, 0) is 41.9 Å². The van der Waals surface area contributed by atoms with Gasteiger partial charge < -0.3 is 15.5 Å². The van der Waals surface area contributed by atoms with Crippen LogP contribution in [0.25, 0.3) is 0 Å². The Labute approximate surface area is 143 Å². The zero-order chi connectivity index (χ0) is 17.4. The van der Waals surface area contributed by atoms with Crippen LogP contribution in [0.3, 0.4) is 0 Å². The zero-order valence-corrected chi connectivity index (χ0v) is 15.0. The zero-order valence-electron chi connectivity index (χ0n) is 13.4. The first-order valence-electron chi connectivity index (χ1n) is 7.24. The van der Waals surface area contributed by atoms with Gasteiger partial charge in [-0.3, -0.25) is 14.9 Å². The van der Waals surface area contributed by atoms with Crippen molar-refractivity contribution in [3.05, 3.63) is 28.7 Å². The number of amides is 4. The molecule has 1 unspecified atom stereocenters. The molecule has 7 nitrogen and oxygen atoms in total. The minimum Gasteiger partial charge on any atom is -0.336 e. The molecule has 0 radical (unpaired) electrons. The third-order valence-electron chi connectivity index (χ3n) is 2.75. The molecule has 1 atom stereocenters. The Morgan fingerprint density at radius 3 is 2.35 bits per heavy atom. The molecule has 23 heavy (non-hydrogen) atoms. The van der Waals surface area contributed by atoms with Crippen LogP contribution in [0.15, 0.2) is 28.7 Å². The minimum absolute atomic E-state index is 0.0227. The lowest BCUT2D eigenvalue weighted by Gasteiger charge is -2.14. The molecule has 0 bridgehead atoms. The Bertz CT molecular complexity index is 578. The summed E-state index contributed by atoms with van der Waals surface area (Å²) in [4.78, 5) is 35.7. The smallest absolute Gasteiger partial charge is 0.321 e. The average molecular weight is 386 g/mol.